The van der Waals surface area contributed by atoms with Gasteiger partial charge in [-0.05, 0) is 50.3 Å². The van der Waals surface area contributed by atoms with E-state index in [9.17, 15) is 0 Å². The molecule has 1 saturated carbocycles. The number of aromatic nitrogens is 4. The molecular formula is C21H29N5OS. The number of fused-ring (bicyclic) bond motifs is 1. The number of hydrogen-bond donors (Lipinski definition) is 1. The first-order valence-electron chi connectivity index (χ1n) is 9.95. The highest BCUT2D eigenvalue weighted by Crippen LogP contribution is 2.37. The summed E-state index contributed by atoms with van der Waals surface area (Å²) in [6.07, 6.45) is 12.9. The van der Waals surface area contributed by atoms with Crippen molar-refractivity contribution in [3.63, 3.8) is 0 Å². The van der Waals surface area contributed by atoms with Crippen LogP contribution in [0.3, 0.4) is 0 Å². The molecule has 150 valence electrons. The maximum atomic E-state index is 5.22. The van der Waals surface area contributed by atoms with Gasteiger partial charge in [-0.3, -0.25) is 8.65 Å². The monoisotopic (exact) mass is 399 g/mol. The van der Waals surface area contributed by atoms with Gasteiger partial charge in [-0.15, -0.1) is 0 Å². The lowest BCUT2D eigenvalue weighted by Crippen LogP contribution is -2.36. The molecular weight excluding hydrogens is 370 g/mol. The molecule has 7 heteroatoms. The van der Waals surface area contributed by atoms with Crippen LogP contribution >= 0.6 is 12.8 Å². The molecule has 0 radical (unpaired) electrons. The minimum atomic E-state index is 0.578. The van der Waals surface area contributed by atoms with E-state index in [2.05, 4.69) is 35.9 Å². The minimum Gasteiger partial charge on any atom is -0.383 e. The van der Waals surface area contributed by atoms with E-state index in [1.165, 1.54) is 31.2 Å². The average Bonchev–Trinajstić information content (AvgIpc) is 3.29. The second-order valence-corrected chi connectivity index (χ2v) is 8.34. The average molecular weight is 400 g/mol. The number of rotatable bonds is 6. The molecule has 0 spiro atoms. The fourth-order valence-electron chi connectivity index (χ4n) is 4.39. The second kappa shape index (κ2) is 8.27. The van der Waals surface area contributed by atoms with E-state index in [0.29, 0.717) is 12.0 Å². The molecule has 0 aliphatic heterocycles. The Labute approximate surface area is 172 Å². The number of hydrogen-bond acceptors (Lipinski definition) is 5. The number of pyridine rings is 1. The Morgan fingerprint density at radius 1 is 1.21 bits per heavy atom. The summed E-state index contributed by atoms with van der Waals surface area (Å²) in [5.41, 5.74) is 4.48. The molecule has 28 heavy (non-hydrogen) atoms. The van der Waals surface area contributed by atoms with Gasteiger partial charge in [-0.25, -0.2) is 4.98 Å². The molecule has 0 aromatic carbocycles. The number of ether oxygens (including phenoxy) is 1. The van der Waals surface area contributed by atoms with E-state index < -0.39 is 0 Å². The number of methoxy groups -OCH3 is 1. The zero-order chi connectivity index (χ0) is 19.7. The summed E-state index contributed by atoms with van der Waals surface area (Å²) in [5.74, 6) is 0.578. The summed E-state index contributed by atoms with van der Waals surface area (Å²) >= 11 is 4.56. The minimum absolute atomic E-state index is 0.578. The Morgan fingerprint density at radius 3 is 2.68 bits per heavy atom. The van der Waals surface area contributed by atoms with Crippen LogP contribution in [0.1, 0.15) is 37.2 Å². The fourth-order valence-corrected chi connectivity index (χ4v) is 4.66. The van der Waals surface area contributed by atoms with Gasteiger partial charge < -0.3 is 9.64 Å². The number of aryl methyl sites for hydroxylation is 1. The highest BCUT2D eigenvalue weighted by Gasteiger charge is 2.25. The van der Waals surface area contributed by atoms with Gasteiger partial charge in [0.15, 0.2) is 0 Å². The normalized spacial score (nSPS) is 20.3. The van der Waals surface area contributed by atoms with Crippen molar-refractivity contribution in [1.82, 2.24) is 23.6 Å². The van der Waals surface area contributed by atoms with Gasteiger partial charge in [0.2, 0.25) is 0 Å². The Balaban J connectivity index is 1.54. The first-order valence-corrected chi connectivity index (χ1v) is 10.3. The molecule has 0 N–H and O–H groups in total. The van der Waals surface area contributed by atoms with Crippen molar-refractivity contribution in [3.05, 3.63) is 36.4 Å². The van der Waals surface area contributed by atoms with Gasteiger partial charge in [0, 0.05) is 61.8 Å². The van der Waals surface area contributed by atoms with Crippen LogP contribution < -0.4 is 0 Å². The highest BCUT2D eigenvalue weighted by molar-refractivity contribution is 7.78. The number of thiol groups is 1. The van der Waals surface area contributed by atoms with Crippen LogP contribution in [0.25, 0.3) is 22.2 Å². The first-order chi connectivity index (χ1) is 13.6. The van der Waals surface area contributed by atoms with Crippen LogP contribution in [0.15, 0.2) is 30.9 Å². The summed E-state index contributed by atoms with van der Waals surface area (Å²) in [5, 5.41) is 5.47. The molecule has 0 saturated heterocycles. The number of nitrogens with zero attached hydrogens (tertiary/aromatic N) is 5. The van der Waals surface area contributed by atoms with Crippen molar-refractivity contribution >= 4 is 23.8 Å². The second-order valence-electron chi connectivity index (χ2n) is 7.91. The Kier molecular flexibility index (Phi) is 5.75. The van der Waals surface area contributed by atoms with Crippen LogP contribution in [0, 0.1) is 0 Å². The molecule has 0 atom stereocenters. The predicted molar refractivity (Wildman–Crippen MR) is 116 cm³/mol. The van der Waals surface area contributed by atoms with Gasteiger partial charge in [0.1, 0.15) is 5.65 Å². The van der Waals surface area contributed by atoms with E-state index >= 15 is 0 Å². The van der Waals surface area contributed by atoms with Gasteiger partial charge in [0.05, 0.1) is 12.8 Å². The van der Waals surface area contributed by atoms with E-state index in [1.54, 1.807) is 7.11 Å². The summed E-state index contributed by atoms with van der Waals surface area (Å²) in [4.78, 5) is 7.18. The lowest BCUT2D eigenvalue weighted by atomic mass is 9.81. The van der Waals surface area contributed by atoms with Gasteiger partial charge in [-0.1, -0.05) is 12.8 Å². The molecule has 0 bridgehead atoms. The number of likely N-dealkylation sites (N-methyl/N-ethyl adjacent to an activating group) is 1. The molecule has 1 aliphatic rings. The molecule has 1 fully saturated rings. The van der Waals surface area contributed by atoms with E-state index in [4.69, 9.17) is 9.72 Å². The smallest absolute Gasteiger partial charge is 0.150 e. The van der Waals surface area contributed by atoms with Crippen LogP contribution in [-0.2, 0) is 11.8 Å². The van der Waals surface area contributed by atoms with Crippen molar-refractivity contribution < 1.29 is 4.74 Å². The Bertz CT molecular complexity index is 942. The van der Waals surface area contributed by atoms with Crippen molar-refractivity contribution in [3.8, 4) is 11.1 Å². The zero-order valence-corrected chi connectivity index (χ0v) is 17.8. The molecule has 1 aliphatic carbocycles. The van der Waals surface area contributed by atoms with Gasteiger partial charge >= 0.3 is 0 Å². The molecule has 0 amide bonds. The zero-order valence-electron chi connectivity index (χ0n) is 16.9. The molecule has 3 aromatic rings. The molecule has 4 rings (SSSR count). The standard InChI is InChI=1S/C21H29N5OS/c1-24(8-9-27-3)18-6-4-15(5-7-18)16-10-19-20(17-12-23-25(2)13-17)14-26(28)21(19)22-11-16/h10-15,18,28H,4-9H2,1-3H3/t15-,18+. The van der Waals surface area contributed by atoms with E-state index in [1.807, 2.05) is 40.5 Å². The topological polar surface area (TPSA) is 48.1 Å². The fraction of sp³-hybridized carbons (Fsp3) is 0.524. The maximum absolute atomic E-state index is 5.22. The SMILES string of the molecule is COCCN(C)[C@H]1CC[C@@H](c2cnc3c(c2)c(-c2cnn(C)c2)cn3S)CC1. The maximum Gasteiger partial charge on any atom is 0.150 e. The molecule has 3 aromatic heterocycles. The third-order valence-electron chi connectivity index (χ3n) is 6.10. The summed E-state index contributed by atoms with van der Waals surface area (Å²) in [6.45, 7) is 1.80. The lowest BCUT2D eigenvalue weighted by Gasteiger charge is -2.34. The first kappa shape index (κ1) is 19.5. The largest absolute Gasteiger partial charge is 0.383 e. The molecule has 3 heterocycles. The molecule has 6 nitrogen and oxygen atoms in total. The third-order valence-corrected chi connectivity index (χ3v) is 6.41. The summed E-state index contributed by atoms with van der Waals surface area (Å²) < 4.78 is 8.86. The summed E-state index contributed by atoms with van der Waals surface area (Å²) in [7, 11) is 5.92. The molecule has 0 unspecified atom stereocenters. The summed E-state index contributed by atoms with van der Waals surface area (Å²) in [6, 6.07) is 2.98. The predicted octanol–water partition coefficient (Wildman–Crippen LogP) is 3.73. The van der Waals surface area contributed by atoms with Crippen LogP contribution in [0.2, 0.25) is 0 Å². The Morgan fingerprint density at radius 2 is 2.00 bits per heavy atom. The van der Waals surface area contributed by atoms with Crippen molar-refractivity contribution in [2.75, 3.05) is 27.3 Å². The van der Waals surface area contributed by atoms with Crippen LogP contribution in [0.5, 0.6) is 0 Å². The van der Waals surface area contributed by atoms with E-state index in [-0.39, 0.29) is 0 Å². The lowest BCUT2D eigenvalue weighted by molar-refractivity contribution is 0.120. The van der Waals surface area contributed by atoms with Crippen molar-refractivity contribution in [1.29, 1.82) is 0 Å². The highest BCUT2D eigenvalue weighted by atomic mass is 32.1. The van der Waals surface area contributed by atoms with Gasteiger partial charge in [-0.2, -0.15) is 5.10 Å². The van der Waals surface area contributed by atoms with Crippen molar-refractivity contribution in [2.24, 2.45) is 7.05 Å². The van der Waals surface area contributed by atoms with Crippen LogP contribution in [-0.4, -0.2) is 57.0 Å². The Hall–Kier alpha value is -1.83. The van der Waals surface area contributed by atoms with Gasteiger partial charge in [0.25, 0.3) is 0 Å². The third kappa shape index (κ3) is 3.83. The quantitative estimate of drug-likeness (QED) is 0.642. The van der Waals surface area contributed by atoms with E-state index in [0.717, 1.165) is 35.3 Å². The van der Waals surface area contributed by atoms with Crippen LogP contribution in [0.4, 0.5) is 0 Å². The van der Waals surface area contributed by atoms with Crippen molar-refractivity contribution in [2.45, 2.75) is 37.6 Å².